The van der Waals surface area contributed by atoms with Crippen molar-refractivity contribution in [1.82, 2.24) is 4.98 Å². The molecule has 0 aliphatic heterocycles. The molecule has 0 unspecified atom stereocenters. The van der Waals surface area contributed by atoms with E-state index in [-0.39, 0.29) is 0 Å². The molecule has 0 aliphatic carbocycles. The van der Waals surface area contributed by atoms with Crippen LogP contribution in [0.3, 0.4) is 0 Å². The van der Waals surface area contributed by atoms with Gasteiger partial charge in [0.2, 0.25) is 0 Å². The quantitative estimate of drug-likeness (QED) is 0.726. The summed E-state index contributed by atoms with van der Waals surface area (Å²) in [6.45, 7) is 0. The van der Waals surface area contributed by atoms with Crippen molar-refractivity contribution in [3.63, 3.8) is 0 Å². The molecule has 3 heteroatoms. The van der Waals surface area contributed by atoms with Gasteiger partial charge in [-0.05, 0) is 29.3 Å². The first-order valence-electron chi connectivity index (χ1n) is 6.58. The van der Waals surface area contributed by atoms with Gasteiger partial charge in [-0.1, -0.05) is 36.4 Å². The van der Waals surface area contributed by atoms with Gasteiger partial charge >= 0.3 is 0 Å². The van der Waals surface area contributed by atoms with Crippen molar-refractivity contribution in [2.24, 2.45) is 0 Å². The highest BCUT2D eigenvalue weighted by Gasteiger charge is 2.05. The minimum atomic E-state index is 0.796. The maximum atomic E-state index is 6.00. The topological polar surface area (TPSA) is 38.9 Å². The summed E-state index contributed by atoms with van der Waals surface area (Å²) in [6.07, 6.45) is 1.83. The van der Waals surface area contributed by atoms with Gasteiger partial charge in [-0.2, -0.15) is 11.8 Å². The molecule has 0 atom stereocenters. The average Bonchev–Trinajstić information content (AvgIpc) is 2.51. The Balaban J connectivity index is 1.77. The Bertz CT molecular complexity index is 711. The third-order valence-corrected chi connectivity index (χ3v) is 4.31. The molecular weight excluding hydrogens is 264 g/mol. The fourth-order valence-corrected chi connectivity index (χ4v) is 3.21. The van der Waals surface area contributed by atoms with E-state index in [1.807, 2.05) is 42.2 Å². The molecule has 2 nitrogen and oxygen atoms in total. The first kappa shape index (κ1) is 13.0. The molecule has 0 spiro atoms. The van der Waals surface area contributed by atoms with Crippen LogP contribution in [0.1, 0.15) is 11.1 Å². The second-order valence-corrected chi connectivity index (χ2v) is 5.68. The Kier molecular flexibility index (Phi) is 3.88. The van der Waals surface area contributed by atoms with E-state index in [0.29, 0.717) is 0 Å². The Morgan fingerprint density at radius 2 is 1.75 bits per heavy atom. The van der Waals surface area contributed by atoms with Gasteiger partial charge in [0.25, 0.3) is 0 Å². The Hall–Kier alpha value is -2.00. The molecule has 0 saturated carbocycles. The summed E-state index contributed by atoms with van der Waals surface area (Å²) < 4.78 is 0. The van der Waals surface area contributed by atoms with Crippen LogP contribution in [-0.4, -0.2) is 4.98 Å². The lowest BCUT2D eigenvalue weighted by Crippen LogP contribution is -1.93. The molecule has 2 N–H and O–H groups in total. The zero-order valence-electron chi connectivity index (χ0n) is 11.1. The van der Waals surface area contributed by atoms with Crippen LogP contribution in [0.4, 0.5) is 5.69 Å². The van der Waals surface area contributed by atoms with Crippen LogP contribution in [0.25, 0.3) is 10.9 Å². The number of anilines is 1. The van der Waals surface area contributed by atoms with Gasteiger partial charge in [-0.3, -0.25) is 4.98 Å². The van der Waals surface area contributed by atoms with E-state index < -0.39 is 0 Å². The number of aromatic nitrogens is 1. The molecule has 3 rings (SSSR count). The number of nitrogens with zero attached hydrogens (tertiary/aromatic N) is 1. The number of pyridine rings is 1. The first-order chi connectivity index (χ1) is 9.84. The van der Waals surface area contributed by atoms with Crippen LogP contribution in [0.2, 0.25) is 0 Å². The zero-order valence-corrected chi connectivity index (χ0v) is 11.9. The monoisotopic (exact) mass is 280 g/mol. The van der Waals surface area contributed by atoms with Crippen LogP contribution in [0.15, 0.2) is 60.8 Å². The molecule has 0 bridgehead atoms. The molecular formula is C17H16N2S. The van der Waals surface area contributed by atoms with E-state index in [0.717, 1.165) is 28.1 Å². The van der Waals surface area contributed by atoms with Gasteiger partial charge in [0.05, 0.1) is 5.52 Å². The summed E-state index contributed by atoms with van der Waals surface area (Å²) in [6, 6.07) is 18.5. The smallest absolute Gasteiger partial charge is 0.0763 e. The third kappa shape index (κ3) is 2.78. The van der Waals surface area contributed by atoms with E-state index in [1.54, 1.807) is 0 Å². The highest BCUT2D eigenvalue weighted by molar-refractivity contribution is 7.97. The average molecular weight is 280 g/mol. The van der Waals surface area contributed by atoms with Crippen molar-refractivity contribution >= 4 is 28.4 Å². The van der Waals surface area contributed by atoms with Crippen LogP contribution < -0.4 is 5.73 Å². The van der Waals surface area contributed by atoms with Crippen molar-refractivity contribution < 1.29 is 0 Å². The number of hydrogen-bond donors (Lipinski definition) is 1. The first-order valence-corrected chi connectivity index (χ1v) is 7.74. The van der Waals surface area contributed by atoms with E-state index in [9.17, 15) is 0 Å². The zero-order chi connectivity index (χ0) is 13.8. The number of hydrogen-bond acceptors (Lipinski definition) is 3. The third-order valence-electron chi connectivity index (χ3n) is 3.26. The van der Waals surface area contributed by atoms with E-state index >= 15 is 0 Å². The molecule has 0 amide bonds. The van der Waals surface area contributed by atoms with Crippen molar-refractivity contribution in [2.75, 3.05) is 5.73 Å². The lowest BCUT2D eigenvalue weighted by Gasteiger charge is -2.08. The van der Waals surface area contributed by atoms with Crippen LogP contribution in [0.5, 0.6) is 0 Å². The summed E-state index contributed by atoms with van der Waals surface area (Å²) in [5.41, 5.74) is 10.4. The van der Waals surface area contributed by atoms with Gasteiger partial charge in [-0.25, -0.2) is 0 Å². The number of rotatable bonds is 4. The number of nitrogen functional groups attached to an aromatic ring is 1. The minimum Gasteiger partial charge on any atom is -0.398 e. The van der Waals surface area contributed by atoms with Crippen molar-refractivity contribution in [1.29, 1.82) is 0 Å². The number of nitrogens with two attached hydrogens (primary N) is 1. The van der Waals surface area contributed by atoms with Gasteiger partial charge in [-0.15, -0.1) is 0 Å². The molecule has 0 radical (unpaired) electrons. The predicted octanol–water partition coefficient (Wildman–Crippen LogP) is 4.25. The maximum absolute atomic E-state index is 6.00. The van der Waals surface area contributed by atoms with E-state index in [2.05, 4.69) is 35.3 Å². The van der Waals surface area contributed by atoms with E-state index in [4.69, 9.17) is 5.73 Å². The molecule has 0 fully saturated rings. The summed E-state index contributed by atoms with van der Waals surface area (Å²) in [5.74, 6) is 1.96. The summed E-state index contributed by atoms with van der Waals surface area (Å²) in [7, 11) is 0. The highest BCUT2D eigenvalue weighted by Crippen LogP contribution is 2.26. The predicted molar refractivity (Wildman–Crippen MR) is 87.6 cm³/mol. The van der Waals surface area contributed by atoms with Crippen molar-refractivity contribution in [2.45, 2.75) is 11.5 Å². The second kappa shape index (κ2) is 5.97. The van der Waals surface area contributed by atoms with E-state index in [1.165, 1.54) is 11.1 Å². The molecule has 0 aliphatic rings. The second-order valence-electron chi connectivity index (χ2n) is 4.69. The molecule has 100 valence electrons. The van der Waals surface area contributed by atoms with Crippen LogP contribution in [0, 0.1) is 0 Å². The molecule has 20 heavy (non-hydrogen) atoms. The standard InChI is InChI=1S/C17H16N2S/c18-16-9-8-14(17-15(16)7-4-10-19-17)12-20-11-13-5-2-1-3-6-13/h1-10H,11-12,18H2. The van der Waals surface area contributed by atoms with Crippen LogP contribution >= 0.6 is 11.8 Å². The fourth-order valence-electron chi connectivity index (χ4n) is 2.22. The molecule has 2 aromatic carbocycles. The minimum absolute atomic E-state index is 0.796. The lowest BCUT2D eigenvalue weighted by molar-refractivity contribution is 1.33. The largest absolute Gasteiger partial charge is 0.398 e. The molecule has 3 aromatic rings. The number of fused-ring (bicyclic) bond motifs is 1. The molecule has 1 aromatic heterocycles. The molecule has 1 heterocycles. The Morgan fingerprint density at radius 3 is 2.60 bits per heavy atom. The SMILES string of the molecule is Nc1ccc(CSCc2ccccc2)c2ncccc12. The fraction of sp³-hybridized carbons (Fsp3) is 0.118. The van der Waals surface area contributed by atoms with Gasteiger partial charge in [0, 0.05) is 28.8 Å². The summed E-state index contributed by atoms with van der Waals surface area (Å²) >= 11 is 1.90. The van der Waals surface area contributed by atoms with Gasteiger partial charge in [0.1, 0.15) is 0 Å². The Morgan fingerprint density at radius 1 is 0.900 bits per heavy atom. The lowest BCUT2D eigenvalue weighted by atomic mass is 10.1. The van der Waals surface area contributed by atoms with Gasteiger partial charge < -0.3 is 5.73 Å². The normalized spacial score (nSPS) is 10.8. The van der Waals surface area contributed by atoms with Crippen LogP contribution in [-0.2, 0) is 11.5 Å². The van der Waals surface area contributed by atoms with Gasteiger partial charge in [0.15, 0.2) is 0 Å². The summed E-state index contributed by atoms with van der Waals surface area (Å²) in [4.78, 5) is 4.47. The van der Waals surface area contributed by atoms with Crippen molar-refractivity contribution in [3.05, 3.63) is 71.9 Å². The highest BCUT2D eigenvalue weighted by atomic mass is 32.2. The summed E-state index contributed by atoms with van der Waals surface area (Å²) in [5, 5.41) is 1.05. The van der Waals surface area contributed by atoms with Crippen molar-refractivity contribution in [3.8, 4) is 0 Å². The maximum Gasteiger partial charge on any atom is 0.0763 e. The number of benzene rings is 2. The molecule has 0 saturated heterocycles. The number of thioether (sulfide) groups is 1. The Labute approximate surface area is 123 Å².